The van der Waals surface area contributed by atoms with E-state index in [1.807, 2.05) is 6.92 Å². The fourth-order valence-corrected chi connectivity index (χ4v) is 5.98. The molecule has 0 unspecified atom stereocenters. The summed E-state index contributed by atoms with van der Waals surface area (Å²) in [4.78, 5) is 40.4. The summed E-state index contributed by atoms with van der Waals surface area (Å²) in [5.41, 5.74) is 1.67. The number of nitrogens with one attached hydrogen (secondary N) is 1. The molecule has 6 nitrogen and oxygen atoms in total. The summed E-state index contributed by atoms with van der Waals surface area (Å²) in [6, 6.07) is 13.9. The number of carbonyl (C=O) groups is 3. The fraction of sp³-hybridized carbons (Fsp3) is 0.346. The molecule has 1 aliphatic heterocycles. The minimum atomic E-state index is -0.254. The average Bonchev–Trinajstić information content (AvgIpc) is 3.59. The lowest BCUT2D eigenvalue weighted by molar-refractivity contribution is -0.124. The first-order valence-corrected chi connectivity index (χ1v) is 11.3. The Morgan fingerprint density at radius 3 is 2.09 bits per heavy atom. The van der Waals surface area contributed by atoms with E-state index < -0.39 is 0 Å². The normalized spacial score (nSPS) is 31.3. The Morgan fingerprint density at radius 2 is 1.53 bits per heavy atom. The van der Waals surface area contributed by atoms with Crippen molar-refractivity contribution in [3.05, 3.63) is 66.2 Å². The van der Waals surface area contributed by atoms with Crippen LogP contribution in [-0.4, -0.2) is 24.3 Å². The summed E-state index contributed by atoms with van der Waals surface area (Å²) >= 11 is 0. The SMILES string of the molecule is CCOc1ccc(NC(=O)c2ccc(N3C(=O)[C@H]4[C@@H]5C=C[C@H]([C@H]6C[C@H]56)[C@@H]4C3=O)cc2)cc1. The van der Waals surface area contributed by atoms with E-state index in [1.165, 1.54) is 4.90 Å². The molecule has 3 fully saturated rings. The van der Waals surface area contributed by atoms with Crippen LogP contribution in [-0.2, 0) is 9.59 Å². The second-order valence-corrected chi connectivity index (χ2v) is 9.12. The molecule has 1 heterocycles. The molecule has 5 aliphatic rings. The molecule has 2 aromatic carbocycles. The van der Waals surface area contributed by atoms with Gasteiger partial charge in [-0.2, -0.15) is 0 Å². The zero-order valence-electron chi connectivity index (χ0n) is 17.7. The van der Waals surface area contributed by atoms with Gasteiger partial charge in [0.05, 0.1) is 24.1 Å². The zero-order chi connectivity index (χ0) is 22.0. The van der Waals surface area contributed by atoms with Crippen LogP contribution in [0.25, 0.3) is 0 Å². The van der Waals surface area contributed by atoms with E-state index in [1.54, 1.807) is 48.5 Å². The predicted octanol–water partition coefficient (Wildman–Crippen LogP) is 3.90. The van der Waals surface area contributed by atoms with Crippen molar-refractivity contribution >= 4 is 29.1 Å². The number of rotatable bonds is 5. The number of benzene rings is 2. The van der Waals surface area contributed by atoms with Gasteiger partial charge in [-0.3, -0.25) is 19.3 Å². The van der Waals surface area contributed by atoms with Gasteiger partial charge < -0.3 is 10.1 Å². The van der Waals surface area contributed by atoms with Gasteiger partial charge in [-0.15, -0.1) is 0 Å². The number of imide groups is 1. The van der Waals surface area contributed by atoms with E-state index in [-0.39, 0.29) is 41.4 Å². The summed E-state index contributed by atoms with van der Waals surface area (Å²) in [5, 5.41) is 2.85. The maximum atomic E-state index is 13.2. The molecule has 0 radical (unpaired) electrons. The van der Waals surface area contributed by atoms with Crippen LogP contribution in [0.15, 0.2) is 60.7 Å². The molecule has 2 saturated carbocycles. The highest BCUT2D eigenvalue weighted by Gasteiger charge is 2.67. The van der Waals surface area contributed by atoms with Crippen LogP contribution in [0.5, 0.6) is 5.75 Å². The Labute approximate surface area is 186 Å². The Hall–Kier alpha value is -3.41. The third-order valence-electron chi connectivity index (χ3n) is 7.47. The molecule has 4 aliphatic carbocycles. The Bertz CT molecular complexity index is 1100. The van der Waals surface area contributed by atoms with Gasteiger partial charge in [-0.25, -0.2) is 0 Å². The number of nitrogens with zero attached hydrogens (tertiary/aromatic N) is 1. The quantitative estimate of drug-likeness (QED) is 0.579. The summed E-state index contributed by atoms with van der Waals surface area (Å²) in [5.74, 6) is 1.45. The molecule has 6 heteroatoms. The lowest BCUT2D eigenvalue weighted by atomic mass is 9.63. The summed E-state index contributed by atoms with van der Waals surface area (Å²) in [7, 11) is 0. The Balaban J connectivity index is 1.18. The number of hydrogen-bond donors (Lipinski definition) is 1. The highest BCUT2D eigenvalue weighted by Crippen LogP contribution is 2.65. The van der Waals surface area contributed by atoms with Crippen molar-refractivity contribution in [1.29, 1.82) is 0 Å². The van der Waals surface area contributed by atoms with Gasteiger partial charge in [0.15, 0.2) is 0 Å². The van der Waals surface area contributed by atoms with Crippen molar-refractivity contribution in [2.24, 2.45) is 35.5 Å². The predicted molar refractivity (Wildman–Crippen MR) is 119 cm³/mol. The first kappa shape index (κ1) is 19.3. The molecular weight excluding hydrogens is 404 g/mol. The van der Waals surface area contributed by atoms with Crippen LogP contribution in [0, 0.1) is 35.5 Å². The number of carbonyl (C=O) groups excluding carboxylic acids is 3. The molecule has 7 rings (SSSR count). The van der Waals surface area contributed by atoms with Gasteiger partial charge >= 0.3 is 0 Å². The first-order chi connectivity index (χ1) is 15.6. The number of allylic oxidation sites excluding steroid dienone is 2. The second-order valence-electron chi connectivity index (χ2n) is 9.12. The van der Waals surface area contributed by atoms with Gasteiger partial charge in [0.25, 0.3) is 5.91 Å². The maximum Gasteiger partial charge on any atom is 0.255 e. The second kappa shape index (κ2) is 7.05. The minimum absolute atomic E-state index is 0.0868. The number of amides is 3. The summed E-state index contributed by atoms with van der Waals surface area (Å²) in [6.45, 7) is 2.50. The summed E-state index contributed by atoms with van der Waals surface area (Å²) < 4.78 is 5.41. The largest absolute Gasteiger partial charge is 0.494 e. The molecule has 162 valence electrons. The molecule has 1 saturated heterocycles. The highest BCUT2D eigenvalue weighted by atomic mass is 16.5. The molecule has 0 spiro atoms. The van der Waals surface area contributed by atoms with Crippen molar-refractivity contribution < 1.29 is 19.1 Å². The van der Waals surface area contributed by atoms with Gasteiger partial charge in [-0.1, -0.05) is 12.2 Å². The van der Waals surface area contributed by atoms with Gasteiger partial charge in [0.2, 0.25) is 11.8 Å². The first-order valence-electron chi connectivity index (χ1n) is 11.3. The fourth-order valence-electron chi connectivity index (χ4n) is 5.98. The van der Waals surface area contributed by atoms with E-state index in [0.29, 0.717) is 35.4 Å². The van der Waals surface area contributed by atoms with Crippen LogP contribution in [0.1, 0.15) is 23.7 Å². The molecule has 3 amide bonds. The van der Waals surface area contributed by atoms with E-state index in [2.05, 4.69) is 17.5 Å². The van der Waals surface area contributed by atoms with Crippen LogP contribution < -0.4 is 15.0 Å². The molecule has 2 bridgehead atoms. The van der Waals surface area contributed by atoms with Crippen LogP contribution in [0.2, 0.25) is 0 Å². The zero-order valence-corrected chi connectivity index (χ0v) is 17.7. The molecular formula is C26H24N2O4. The lowest BCUT2D eigenvalue weighted by Crippen LogP contribution is -2.40. The minimum Gasteiger partial charge on any atom is -0.494 e. The lowest BCUT2D eigenvalue weighted by Gasteiger charge is -2.37. The molecule has 1 N–H and O–H groups in total. The van der Waals surface area contributed by atoms with E-state index in [0.717, 1.165) is 12.2 Å². The smallest absolute Gasteiger partial charge is 0.255 e. The van der Waals surface area contributed by atoms with Gasteiger partial charge in [-0.05, 0) is 85.5 Å². The standard InChI is InChI=1S/C26H24N2O4/c1-2-32-17-9-5-15(6-10-17)27-24(29)14-3-7-16(8-4-14)28-25(30)22-18-11-12-19(21-13-20(18)21)23(22)26(28)31/h3-12,18-23H,2,13H2,1H3,(H,27,29)/t18-,19-,20-,21-,22+,23+/m1/s1. The van der Waals surface area contributed by atoms with Crippen molar-refractivity contribution in [3.63, 3.8) is 0 Å². The molecule has 32 heavy (non-hydrogen) atoms. The van der Waals surface area contributed by atoms with E-state index >= 15 is 0 Å². The maximum absolute atomic E-state index is 13.2. The highest BCUT2D eigenvalue weighted by molar-refractivity contribution is 6.22. The Morgan fingerprint density at radius 1 is 0.938 bits per heavy atom. The van der Waals surface area contributed by atoms with Crippen molar-refractivity contribution in [2.75, 3.05) is 16.8 Å². The van der Waals surface area contributed by atoms with Crippen LogP contribution >= 0.6 is 0 Å². The van der Waals surface area contributed by atoms with Crippen molar-refractivity contribution in [3.8, 4) is 5.75 Å². The number of ether oxygens (including phenoxy) is 1. The average molecular weight is 428 g/mol. The van der Waals surface area contributed by atoms with Crippen molar-refractivity contribution in [1.82, 2.24) is 0 Å². The third kappa shape index (κ3) is 2.82. The van der Waals surface area contributed by atoms with E-state index in [9.17, 15) is 14.4 Å². The molecule has 0 aromatic heterocycles. The van der Waals surface area contributed by atoms with Gasteiger partial charge in [0.1, 0.15) is 5.75 Å². The van der Waals surface area contributed by atoms with Gasteiger partial charge in [0, 0.05) is 11.3 Å². The van der Waals surface area contributed by atoms with Crippen LogP contribution in [0.4, 0.5) is 11.4 Å². The molecule has 2 aromatic rings. The van der Waals surface area contributed by atoms with Crippen LogP contribution in [0.3, 0.4) is 0 Å². The Kier molecular flexibility index (Phi) is 4.25. The third-order valence-corrected chi connectivity index (χ3v) is 7.47. The topological polar surface area (TPSA) is 75.7 Å². The number of hydrogen-bond acceptors (Lipinski definition) is 4. The monoisotopic (exact) mass is 428 g/mol. The molecule has 6 atom stereocenters. The number of anilines is 2. The summed E-state index contributed by atoms with van der Waals surface area (Å²) in [6.07, 6.45) is 5.49. The van der Waals surface area contributed by atoms with Crippen molar-refractivity contribution in [2.45, 2.75) is 13.3 Å². The van der Waals surface area contributed by atoms with E-state index in [4.69, 9.17) is 4.74 Å².